The number of alkyl carbamates (subject to hydrolysis) is 1. The fourth-order valence-corrected chi connectivity index (χ4v) is 0.987. The van der Waals surface area contributed by atoms with Crippen molar-refractivity contribution in [1.82, 2.24) is 5.32 Å². The number of primary amides is 1. The molecule has 3 N–H and O–H groups in total. The van der Waals surface area contributed by atoms with E-state index in [9.17, 15) is 14.4 Å². The molecule has 0 bridgehead atoms. The molecule has 1 atom stereocenters. The minimum absolute atomic E-state index is 0.341. The van der Waals surface area contributed by atoms with Gasteiger partial charge in [0.05, 0.1) is 13.5 Å². The number of rotatable bonds is 4. The Labute approximate surface area is 99.6 Å². The van der Waals surface area contributed by atoms with Gasteiger partial charge in [-0.05, 0) is 20.8 Å². The lowest BCUT2D eigenvalue weighted by Crippen LogP contribution is -2.45. The molecule has 0 aromatic rings. The highest BCUT2D eigenvalue weighted by atomic mass is 16.6. The summed E-state index contributed by atoms with van der Waals surface area (Å²) in [6.45, 7) is 5.02. The second kappa shape index (κ2) is 6.07. The van der Waals surface area contributed by atoms with E-state index >= 15 is 0 Å². The van der Waals surface area contributed by atoms with E-state index < -0.39 is 29.6 Å². The number of amides is 2. The Kier molecular flexibility index (Phi) is 5.43. The summed E-state index contributed by atoms with van der Waals surface area (Å²) in [7, 11) is 1.15. The topological polar surface area (TPSA) is 108 Å². The molecular formula is C10H18N2O5. The van der Waals surface area contributed by atoms with Gasteiger partial charge in [0.15, 0.2) is 0 Å². The first kappa shape index (κ1) is 15.2. The number of nitrogens with two attached hydrogens (primary N) is 1. The Morgan fingerprint density at radius 1 is 1.29 bits per heavy atom. The lowest BCUT2D eigenvalue weighted by Gasteiger charge is -2.22. The predicted molar refractivity (Wildman–Crippen MR) is 59.0 cm³/mol. The van der Waals surface area contributed by atoms with Crippen LogP contribution in [-0.2, 0) is 19.1 Å². The molecule has 0 saturated heterocycles. The van der Waals surface area contributed by atoms with Crippen LogP contribution in [0.1, 0.15) is 27.2 Å². The largest absolute Gasteiger partial charge is 0.467 e. The molecule has 0 fully saturated rings. The fourth-order valence-electron chi connectivity index (χ4n) is 0.987. The maximum Gasteiger partial charge on any atom is 0.408 e. The van der Waals surface area contributed by atoms with Crippen molar-refractivity contribution in [3.63, 3.8) is 0 Å². The van der Waals surface area contributed by atoms with E-state index in [4.69, 9.17) is 10.5 Å². The van der Waals surface area contributed by atoms with Gasteiger partial charge in [0, 0.05) is 0 Å². The SMILES string of the molecule is COC(=O)[C@@H](CC(N)=O)NC(=O)OC(C)(C)C. The average molecular weight is 246 g/mol. The second-order valence-electron chi connectivity index (χ2n) is 4.39. The monoisotopic (exact) mass is 246 g/mol. The van der Waals surface area contributed by atoms with Crippen LogP contribution >= 0.6 is 0 Å². The lowest BCUT2D eigenvalue weighted by molar-refractivity contribution is -0.144. The molecule has 0 unspecified atom stereocenters. The van der Waals surface area contributed by atoms with Crippen LogP contribution in [0, 0.1) is 0 Å². The van der Waals surface area contributed by atoms with E-state index in [1.807, 2.05) is 0 Å². The fraction of sp³-hybridized carbons (Fsp3) is 0.700. The van der Waals surface area contributed by atoms with Crippen LogP contribution in [0.15, 0.2) is 0 Å². The van der Waals surface area contributed by atoms with Crippen LogP contribution in [0.5, 0.6) is 0 Å². The predicted octanol–water partition coefficient (Wildman–Crippen LogP) is -0.0719. The molecule has 0 aromatic carbocycles. The molecule has 98 valence electrons. The minimum atomic E-state index is -1.13. The molecule has 0 heterocycles. The highest BCUT2D eigenvalue weighted by Gasteiger charge is 2.26. The number of esters is 1. The van der Waals surface area contributed by atoms with Gasteiger partial charge >= 0.3 is 12.1 Å². The van der Waals surface area contributed by atoms with Crippen LogP contribution in [0.3, 0.4) is 0 Å². The van der Waals surface area contributed by atoms with Crippen molar-refractivity contribution in [2.24, 2.45) is 5.73 Å². The third-order valence-corrected chi connectivity index (χ3v) is 1.58. The van der Waals surface area contributed by atoms with Gasteiger partial charge in [0.1, 0.15) is 11.6 Å². The van der Waals surface area contributed by atoms with Crippen LogP contribution in [0.2, 0.25) is 0 Å². The molecule has 0 saturated carbocycles. The third-order valence-electron chi connectivity index (χ3n) is 1.58. The van der Waals surface area contributed by atoms with Gasteiger partial charge in [0.2, 0.25) is 5.91 Å². The summed E-state index contributed by atoms with van der Waals surface area (Å²) in [6, 6.07) is -1.13. The standard InChI is InChI=1S/C10H18N2O5/c1-10(2,3)17-9(15)12-6(5-7(11)13)8(14)16-4/h6H,5H2,1-4H3,(H2,11,13)(H,12,15)/t6-/m1/s1. The summed E-state index contributed by atoms with van der Waals surface area (Å²) < 4.78 is 9.36. The Morgan fingerprint density at radius 3 is 2.18 bits per heavy atom. The van der Waals surface area contributed by atoms with Gasteiger partial charge in [-0.3, -0.25) is 4.79 Å². The first-order valence-electron chi connectivity index (χ1n) is 5.01. The van der Waals surface area contributed by atoms with Crippen molar-refractivity contribution < 1.29 is 23.9 Å². The van der Waals surface area contributed by atoms with Gasteiger partial charge in [-0.1, -0.05) is 0 Å². The first-order valence-corrected chi connectivity index (χ1v) is 5.01. The molecule has 7 heteroatoms. The number of hydrogen-bond acceptors (Lipinski definition) is 5. The van der Waals surface area contributed by atoms with E-state index in [0.29, 0.717) is 0 Å². The summed E-state index contributed by atoms with van der Waals surface area (Å²) in [5, 5.41) is 2.22. The lowest BCUT2D eigenvalue weighted by atomic mass is 10.2. The summed E-state index contributed by atoms with van der Waals surface area (Å²) in [6.07, 6.45) is -1.15. The third kappa shape index (κ3) is 7.15. The summed E-state index contributed by atoms with van der Waals surface area (Å²) in [5.74, 6) is -1.48. The van der Waals surface area contributed by atoms with Gasteiger partial charge in [-0.2, -0.15) is 0 Å². The van der Waals surface area contributed by atoms with Crippen molar-refractivity contribution in [2.75, 3.05) is 7.11 Å². The van der Waals surface area contributed by atoms with Crippen molar-refractivity contribution in [3.05, 3.63) is 0 Å². The molecule has 0 aliphatic rings. The van der Waals surface area contributed by atoms with Gasteiger partial charge in [0.25, 0.3) is 0 Å². The van der Waals surface area contributed by atoms with Crippen molar-refractivity contribution in [3.8, 4) is 0 Å². The molecule has 7 nitrogen and oxygen atoms in total. The van der Waals surface area contributed by atoms with E-state index in [2.05, 4.69) is 10.1 Å². The van der Waals surface area contributed by atoms with Crippen LogP contribution in [0.4, 0.5) is 4.79 Å². The quantitative estimate of drug-likeness (QED) is 0.675. The maximum absolute atomic E-state index is 11.4. The normalized spacial score (nSPS) is 12.5. The zero-order valence-electron chi connectivity index (χ0n) is 10.4. The van der Waals surface area contributed by atoms with Crippen molar-refractivity contribution >= 4 is 18.0 Å². The van der Waals surface area contributed by atoms with Crippen LogP contribution in [-0.4, -0.2) is 36.7 Å². The molecular weight excluding hydrogens is 228 g/mol. The summed E-state index contributed by atoms with van der Waals surface area (Å²) >= 11 is 0. The van der Waals surface area contributed by atoms with Gasteiger partial charge in [-0.15, -0.1) is 0 Å². The molecule has 2 amide bonds. The Morgan fingerprint density at radius 2 is 1.82 bits per heavy atom. The van der Waals surface area contributed by atoms with E-state index in [1.54, 1.807) is 20.8 Å². The average Bonchev–Trinajstić information content (AvgIpc) is 2.11. The van der Waals surface area contributed by atoms with Crippen LogP contribution < -0.4 is 11.1 Å². The first-order chi connectivity index (χ1) is 7.65. The smallest absolute Gasteiger partial charge is 0.408 e. The maximum atomic E-state index is 11.4. The van der Waals surface area contributed by atoms with E-state index in [1.165, 1.54) is 0 Å². The van der Waals surface area contributed by atoms with Gasteiger partial charge in [-0.25, -0.2) is 9.59 Å². The zero-order chi connectivity index (χ0) is 13.6. The summed E-state index contributed by atoms with van der Waals surface area (Å²) in [5.41, 5.74) is 4.25. The number of hydrogen-bond donors (Lipinski definition) is 2. The molecule has 0 rings (SSSR count). The van der Waals surface area contributed by atoms with E-state index in [-0.39, 0.29) is 6.42 Å². The van der Waals surface area contributed by atoms with Crippen molar-refractivity contribution in [2.45, 2.75) is 38.8 Å². The molecule has 0 aliphatic carbocycles. The minimum Gasteiger partial charge on any atom is -0.467 e. The Bertz CT molecular complexity index is 308. The number of carbonyl (C=O) groups is 3. The molecule has 0 radical (unpaired) electrons. The molecule has 17 heavy (non-hydrogen) atoms. The highest BCUT2D eigenvalue weighted by molar-refractivity contribution is 5.87. The Hall–Kier alpha value is -1.79. The number of ether oxygens (including phenoxy) is 2. The number of carbonyl (C=O) groups excluding carboxylic acids is 3. The van der Waals surface area contributed by atoms with Gasteiger partial charge < -0.3 is 20.5 Å². The van der Waals surface area contributed by atoms with E-state index in [0.717, 1.165) is 7.11 Å². The Balaban J connectivity index is 4.48. The second-order valence-corrected chi connectivity index (χ2v) is 4.39. The summed E-state index contributed by atoms with van der Waals surface area (Å²) in [4.78, 5) is 33.3. The zero-order valence-corrected chi connectivity index (χ0v) is 10.4. The number of nitrogens with one attached hydrogen (secondary N) is 1. The van der Waals surface area contributed by atoms with Crippen LogP contribution in [0.25, 0.3) is 0 Å². The molecule has 0 spiro atoms. The van der Waals surface area contributed by atoms with Crippen molar-refractivity contribution in [1.29, 1.82) is 0 Å². The highest BCUT2D eigenvalue weighted by Crippen LogP contribution is 2.07. The molecule has 0 aromatic heterocycles. The number of methoxy groups -OCH3 is 1. The molecule has 0 aliphatic heterocycles.